The van der Waals surface area contributed by atoms with Gasteiger partial charge >= 0.3 is 12.0 Å². The van der Waals surface area contributed by atoms with Gasteiger partial charge in [0.2, 0.25) is 0 Å². The fourth-order valence-corrected chi connectivity index (χ4v) is 3.95. The van der Waals surface area contributed by atoms with E-state index in [1.807, 2.05) is 18.7 Å². The fourth-order valence-electron chi connectivity index (χ4n) is 2.65. The highest BCUT2D eigenvalue weighted by Gasteiger charge is 2.30. The lowest BCUT2D eigenvalue weighted by Gasteiger charge is -2.27. The number of thioether (sulfide) groups is 1. The molecule has 2 N–H and O–H groups in total. The molecule has 112 valence electrons. The molecule has 1 fully saturated rings. The van der Waals surface area contributed by atoms with Crippen LogP contribution in [0.3, 0.4) is 0 Å². The van der Waals surface area contributed by atoms with Gasteiger partial charge in [0.15, 0.2) is 0 Å². The van der Waals surface area contributed by atoms with Gasteiger partial charge in [0.1, 0.15) is 0 Å². The standard InChI is InChI=1S/C14H22N2O3S/c1-3-19-13(17)12-9(2)15-14(18)16-11(12)8-20-10-6-4-5-7-10/h9-10H,3-8H2,1-2H3,(H2,15,16,18). The van der Waals surface area contributed by atoms with Crippen LogP contribution >= 0.6 is 11.8 Å². The predicted molar refractivity (Wildman–Crippen MR) is 79.5 cm³/mol. The van der Waals surface area contributed by atoms with Gasteiger partial charge in [-0.2, -0.15) is 11.8 Å². The Morgan fingerprint density at radius 2 is 2.10 bits per heavy atom. The highest BCUT2D eigenvalue weighted by molar-refractivity contribution is 8.00. The molecule has 2 amide bonds. The molecule has 1 heterocycles. The third-order valence-electron chi connectivity index (χ3n) is 3.63. The molecular formula is C14H22N2O3S. The van der Waals surface area contributed by atoms with Crippen molar-refractivity contribution in [3.05, 3.63) is 11.3 Å². The van der Waals surface area contributed by atoms with E-state index >= 15 is 0 Å². The molecule has 1 atom stereocenters. The molecule has 0 radical (unpaired) electrons. The molecule has 20 heavy (non-hydrogen) atoms. The van der Waals surface area contributed by atoms with Gasteiger partial charge in [0.25, 0.3) is 0 Å². The first-order chi connectivity index (χ1) is 9.61. The molecule has 0 bridgehead atoms. The van der Waals surface area contributed by atoms with E-state index in [9.17, 15) is 9.59 Å². The lowest BCUT2D eigenvalue weighted by molar-refractivity contribution is -0.138. The fraction of sp³-hybridized carbons (Fsp3) is 0.714. The summed E-state index contributed by atoms with van der Waals surface area (Å²) in [5.74, 6) is 0.325. The van der Waals surface area contributed by atoms with Gasteiger partial charge in [0.05, 0.1) is 18.2 Å². The summed E-state index contributed by atoms with van der Waals surface area (Å²) in [4.78, 5) is 23.6. The van der Waals surface area contributed by atoms with Crippen molar-refractivity contribution in [2.45, 2.75) is 50.8 Å². The highest BCUT2D eigenvalue weighted by Crippen LogP contribution is 2.31. The Kier molecular flexibility index (Phi) is 5.34. The number of hydrogen-bond donors (Lipinski definition) is 2. The van der Waals surface area contributed by atoms with Crippen molar-refractivity contribution in [2.75, 3.05) is 12.4 Å². The number of carbonyl (C=O) groups excluding carboxylic acids is 2. The molecule has 2 rings (SSSR count). The molecule has 0 aromatic heterocycles. The number of amides is 2. The largest absolute Gasteiger partial charge is 0.463 e. The first-order valence-electron chi connectivity index (χ1n) is 7.21. The van der Waals surface area contributed by atoms with E-state index in [2.05, 4.69) is 10.6 Å². The van der Waals surface area contributed by atoms with Crippen LogP contribution in [0.4, 0.5) is 4.79 Å². The Balaban J connectivity index is 2.09. The summed E-state index contributed by atoms with van der Waals surface area (Å²) in [7, 11) is 0. The Bertz CT molecular complexity index is 417. The molecule has 6 heteroatoms. The Hall–Kier alpha value is -1.17. The summed E-state index contributed by atoms with van der Waals surface area (Å²) in [6, 6.07) is -0.547. The van der Waals surface area contributed by atoms with Gasteiger partial charge in [-0.1, -0.05) is 12.8 Å². The average Bonchev–Trinajstić information content (AvgIpc) is 2.88. The van der Waals surface area contributed by atoms with E-state index in [1.165, 1.54) is 25.7 Å². The van der Waals surface area contributed by atoms with Gasteiger partial charge in [-0.15, -0.1) is 0 Å². The SMILES string of the molecule is CCOC(=O)C1=C(CSC2CCCC2)NC(=O)NC1C. The summed E-state index contributed by atoms with van der Waals surface area (Å²) in [5, 5.41) is 6.12. The van der Waals surface area contributed by atoms with Gasteiger partial charge < -0.3 is 15.4 Å². The lowest BCUT2D eigenvalue weighted by Crippen LogP contribution is -2.49. The maximum Gasteiger partial charge on any atom is 0.337 e. The lowest BCUT2D eigenvalue weighted by atomic mass is 10.1. The number of esters is 1. The van der Waals surface area contributed by atoms with Crippen molar-refractivity contribution in [1.29, 1.82) is 0 Å². The first kappa shape index (κ1) is 15.2. The van der Waals surface area contributed by atoms with E-state index in [0.29, 0.717) is 28.9 Å². The molecule has 1 aliphatic carbocycles. The van der Waals surface area contributed by atoms with Crippen LogP contribution in [0.15, 0.2) is 11.3 Å². The number of nitrogens with one attached hydrogen (secondary N) is 2. The summed E-state index contributed by atoms with van der Waals surface area (Å²) >= 11 is 1.83. The smallest absolute Gasteiger partial charge is 0.337 e. The molecule has 5 nitrogen and oxygen atoms in total. The van der Waals surface area contributed by atoms with E-state index in [4.69, 9.17) is 4.74 Å². The van der Waals surface area contributed by atoms with Crippen LogP contribution in [-0.4, -0.2) is 35.7 Å². The zero-order chi connectivity index (χ0) is 14.5. The molecular weight excluding hydrogens is 276 g/mol. The van der Waals surface area contributed by atoms with Crippen LogP contribution in [0.2, 0.25) is 0 Å². The van der Waals surface area contributed by atoms with Crippen LogP contribution < -0.4 is 10.6 Å². The Labute approximate surface area is 123 Å². The van der Waals surface area contributed by atoms with E-state index < -0.39 is 0 Å². The second kappa shape index (κ2) is 7.02. The van der Waals surface area contributed by atoms with Crippen LogP contribution in [0, 0.1) is 0 Å². The van der Waals surface area contributed by atoms with Crippen LogP contribution in [-0.2, 0) is 9.53 Å². The van der Waals surface area contributed by atoms with Crippen molar-refractivity contribution < 1.29 is 14.3 Å². The van der Waals surface area contributed by atoms with Crippen LogP contribution in [0.25, 0.3) is 0 Å². The second-order valence-corrected chi connectivity index (χ2v) is 6.44. The number of hydrogen-bond acceptors (Lipinski definition) is 4. The zero-order valence-electron chi connectivity index (χ0n) is 12.0. The highest BCUT2D eigenvalue weighted by atomic mass is 32.2. The molecule has 2 aliphatic rings. The number of urea groups is 1. The summed E-state index contributed by atoms with van der Waals surface area (Å²) < 4.78 is 5.09. The van der Waals surface area contributed by atoms with E-state index in [0.717, 1.165) is 0 Å². The normalized spacial score (nSPS) is 23.5. The summed E-state index contributed by atoms with van der Waals surface area (Å²) in [6.45, 7) is 3.93. The van der Waals surface area contributed by atoms with Crippen LogP contribution in [0.5, 0.6) is 0 Å². The van der Waals surface area contributed by atoms with Crippen molar-refractivity contribution >= 4 is 23.8 Å². The Morgan fingerprint density at radius 1 is 1.40 bits per heavy atom. The minimum absolute atomic E-state index is 0.243. The van der Waals surface area contributed by atoms with Gasteiger partial charge in [-0.25, -0.2) is 9.59 Å². The number of carbonyl (C=O) groups is 2. The Morgan fingerprint density at radius 3 is 2.75 bits per heavy atom. The quantitative estimate of drug-likeness (QED) is 0.763. The number of rotatable bonds is 5. The number of ether oxygens (including phenoxy) is 1. The third-order valence-corrected chi connectivity index (χ3v) is 5.03. The van der Waals surface area contributed by atoms with Crippen LogP contribution in [0.1, 0.15) is 39.5 Å². The molecule has 1 saturated carbocycles. The molecule has 0 aromatic rings. The van der Waals surface area contributed by atoms with Crippen molar-refractivity contribution in [1.82, 2.24) is 10.6 Å². The maximum atomic E-state index is 12.0. The zero-order valence-corrected chi connectivity index (χ0v) is 12.8. The van der Waals surface area contributed by atoms with E-state index in [-0.39, 0.29) is 18.0 Å². The summed E-state index contributed by atoms with van der Waals surface area (Å²) in [5.41, 5.74) is 1.26. The van der Waals surface area contributed by atoms with Crippen molar-refractivity contribution in [2.24, 2.45) is 0 Å². The summed E-state index contributed by atoms with van der Waals surface area (Å²) in [6.07, 6.45) is 5.03. The third kappa shape index (κ3) is 3.69. The first-order valence-corrected chi connectivity index (χ1v) is 8.26. The molecule has 0 saturated heterocycles. The minimum atomic E-state index is -0.338. The monoisotopic (exact) mass is 298 g/mol. The van der Waals surface area contributed by atoms with Crippen molar-refractivity contribution in [3.8, 4) is 0 Å². The molecule has 0 aromatic carbocycles. The topological polar surface area (TPSA) is 67.4 Å². The van der Waals surface area contributed by atoms with Gasteiger partial charge in [0, 0.05) is 16.7 Å². The van der Waals surface area contributed by atoms with Crippen molar-refractivity contribution in [3.63, 3.8) is 0 Å². The molecule has 1 unspecified atom stereocenters. The van der Waals surface area contributed by atoms with Gasteiger partial charge in [-0.05, 0) is 26.7 Å². The second-order valence-electron chi connectivity index (χ2n) is 5.15. The average molecular weight is 298 g/mol. The van der Waals surface area contributed by atoms with E-state index in [1.54, 1.807) is 6.92 Å². The molecule has 1 aliphatic heterocycles. The maximum absolute atomic E-state index is 12.0. The predicted octanol–water partition coefficient (Wildman–Crippen LogP) is 2.18. The minimum Gasteiger partial charge on any atom is -0.463 e. The molecule has 0 spiro atoms. The van der Waals surface area contributed by atoms with Gasteiger partial charge in [-0.3, -0.25) is 0 Å².